The summed E-state index contributed by atoms with van der Waals surface area (Å²) in [4.78, 5) is 10.5. The molecule has 0 aliphatic heterocycles. The van der Waals surface area contributed by atoms with Crippen molar-refractivity contribution < 1.29 is 19.0 Å². The van der Waals surface area contributed by atoms with E-state index < -0.39 is 11.8 Å². The number of hydrogen-bond donors (Lipinski definition) is 1. The molecule has 1 aromatic carbocycles. The van der Waals surface area contributed by atoms with Gasteiger partial charge in [0.15, 0.2) is 0 Å². The lowest BCUT2D eigenvalue weighted by Crippen LogP contribution is -2.24. The Balaban J connectivity index is 2.09. The highest BCUT2D eigenvalue weighted by Gasteiger charge is 2.20. The van der Waals surface area contributed by atoms with Crippen molar-refractivity contribution in [2.75, 3.05) is 0 Å². The van der Waals surface area contributed by atoms with E-state index >= 15 is 0 Å². The van der Waals surface area contributed by atoms with Crippen molar-refractivity contribution >= 4 is 12.0 Å². The van der Waals surface area contributed by atoms with Crippen molar-refractivity contribution in [2.24, 2.45) is 5.92 Å². The zero-order valence-corrected chi connectivity index (χ0v) is 11.5. The van der Waals surface area contributed by atoms with E-state index in [1.54, 1.807) is 6.07 Å². The molecule has 0 radical (unpaired) electrons. The third kappa shape index (κ3) is 4.37. The normalized spacial score (nSPS) is 22.9. The Kier molecular flexibility index (Phi) is 4.77. The summed E-state index contributed by atoms with van der Waals surface area (Å²) in [6, 6.07) is 4.30. The van der Waals surface area contributed by atoms with Gasteiger partial charge in [-0.3, -0.25) is 0 Å². The number of ether oxygens (including phenoxy) is 1. The number of carboxylic acids is 1. The van der Waals surface area contributed by atoms with E-state index in [1.165, 1.54) is 24.6 Å². The summed E-state index contributed by atoms with van der Waals surface area (Å²) in [6.07, 6.45) is 6.79. The van der Waals surface area contributed by atoms with E-state index in [-0.39, 0.29) is 6.10 Å². The van der Waals surface area contributed by atoms with Gasteiger partial charge in [-0.15, -0.1) is 0 Å². The molecule has 0 amide bonds. The molecule has 2 atom stereocenters. The fourth-order valence-corrected chi connectivity index (χ4v) is 2.59. The Morgan fingerprint density at radius 3 is 2.90 bits per heavy atom. The minimum absolute atomic E-state index is 0.122. The molecular formula is C16H19FO3. The standard InChI is InChI=1S/C16H19FO3/c1-11-3-2-4-14(7-11)20-15-9-12(5-6-16(18)19)8-13(17)10-15/h5-6,8-11,14H,2-4,7H2,1H3,(H,18,19)/b6-5+. The number of aliphatic carboxylic acids is 1. The molecule has 2 rings (SSSR count). The van der Waals surface area contributed by atoms with E-state index in [4.69, 9.17) is 9.84 Å². The maximum absolute atomic E-state index is 13.5. The summed E-state index contributed by atoms with van der Waals surface area (Å²) in [5.41, 5.74) is 0.492. The van der Waals surface area contributed by atoms with Crippen LogP contribution < -0.4 is 4.74 Å². The third-order valence-corrected chi connectivity index (χ3v) is 3.50. The summed E-state index contributed by atoms with van der Waals surface area (Å²) < 4.78 is 19.4. The van der Waals surface area contributed by atoms with Gasteiger partial charge in [0.2, 0.25) is 0 Å². The lowest BCUT2D eigenvalue weighted by atomic mass is 9.89. The van der Waals surface area contributed by atoms with Gasteiger partial charge in [0, 0.05) is 12.1 Å². The Labute approximate surface area is 118 Å². The largest absolute Gasteiger partial charge is 0.490 e. The van der Waals surface area contributed by atoms with Crippen LogP contribution in [0.2, 0.25) is 0 Å². The van der Waals surface area contributed by atoms with Crippen molar-refractivity contribution in [1.82, 2.24) is 0 Å². The second kappa shape index (κ2) is 6.55. The molecule has 4 heteroatoms. The first-order valence-electron chi connectivity index (χ1n) is 6.91. The smallest absolute Gasteiger partial charge is 0.328 e. The number of carbonyl (C=O) groups is 1. The van der Waals surface area contributed by atoms with Gasteiger partial charge in [-0.1, -0.05) is 13.3 Å². The van der Waals surface area contributed by atoms with Gasteiger partial charge < -0.3 is 9.84 Å². The van der Waals surface area contributed by atoms with Crippen LogP contribution in [0.5, 0.6) is 5.75 Å². The van der Waals surface area contributed by atoms with Crippen LogP contribution in [0.25, 0.3) is 6.08 Å². The fraction of sp³-hybridized carbons (Fsp3) is 0.438. The number of carboxylic acid groups (broad SMARTS) is 1. The molecular weight excluding hydrogens is 259 g/mol. The van der Waals surface area contributed by atoms with Crippen LogP contribution in [0.1, 0.15) is 38.2 Å². The molecule has 0 spiro atoms. The van der Waals surface area contributed by atoms with Crippen LogP contribution in [-0.4, -0.2) is 17.2 Å². The minimum atomic E-state index is -1.06. The zero-order valence-electron chi connectivity index (χ0n) is 11.5. The quantitative estimate of drug-likeness (QED) is 0.850. The summed E-state index contributed by atoms with van der Waals surface area (Å²) in [7, 11) is 0. The molecule has 1 saturated carbocycles. The molecule has 0 heterocycles. The molecule has 1 N–H and O–H groups in total. The summed E-state index contributed by atoms with van der Waals surface area (Å²) in [5, 5.41) is 8.59. The van der Waals surface area contributed by atoms with Crippen molar-refractivity contribution in [2.45, 2.75) is 38.7 Å². The number of benzene rings is 1. The molecule has 0 saturated heterocycles. The summed E-state index contributed by atoms with van der Waals surface area (Å²) in [6.45, 7) is 2.20. The lowest BCUT2D eigenvalue weighted by molar-refractivity contribution is -0.131. The van der Waals surface area contributed by atoms with Gasteiger partial charge in [-0.2, -0.15) is 0 Å². The highest BCUT2D eigenvalue weighted by molar-refractivity contribution is 5.85. The Bertz CT molecular complexity index is 510. The van der Waals surface area contributed by atoms with Crippen LogP contribution in [0.4, 0.5) is 4.39 Å². The van der Waals surface area contributed by atoms with Gasteiger partial charge in [-0.25, -0.2) is 9.18 Å². The molecule has 3 nitrogen and oxygen atoms in total. The molecule has 1 aliphatic rings. The topological polar surface area (TPSA) is 46.5 Å². The summed E-state index contributed by atoms with van der Waals surface area (Å²) in [5.74, 6) is -0.378. The first kappa shape index (κ1) is 14.6. The summed E-state index contributed by atoms with van der Waals surface area (Å²) >= 11 is 0. The van der Waals surface area contributed by atoms with E-state index in [9.17, 15) is 9.18 Å². The lowest BCUT2D eigenvalue weighted by Gasteiger charge is -2.27. The number of halogens is 1. The van der Waals surface area contributed by atoms with Crippen molar-refractivity contribution in [3.05, 3.63) is 35.7 Å². The Morgan fingerprint density at radius 1 is 1.40 bits per heavy atom. The Hall–Kier alpha value is -1.84. The monoisotopic (exact) mass is 278 g/mol. The predicted molar refractivity (Wildman–Crippen MR) is 75.1 cm³/mol. The van der Waals surface area contributed by atoms with E-state index in [2.05, 4.69) is 6.92 Å². The van der Waals surface area contributed by atoms with Crippen molar-refractivity contribution in [3.8, 4) is 5.75 Å². The zero-order chi connectivity index (χ0) is 14.5. The van der Waals surface area contributed by atoms with E-state index in [0.717, 1.165) is 25.3 Å². The molecule has 2 unspecified atom stereocenters. The maximum atomic E-state index is 13.5. The molecule has 20 heavy (non-hydrogen) atoms. The fourth-order valence-electron chi connectivity index (χ4n) is 2.59. The maximum Gasteiger partial charge on any atom is 0.328 e. The van der Waals surface area contributed by atoms with Crippen LogP contribution in [-0.2, 0) is 4.79 Å². The first-order chi connectivity index (χ1) is 9.52. The van der Waals surface area contributed by atoms with Crippen LogP contribution >= 0.6 is 0 Å². The molecule has 1 aromatic rings. The predicted octanol–water partition coefficient (Wildman–Crippen LogP) is 3.88. The average molecular weight is 278 g/mol. The molecule has 1 aliphatic carbocycles. The molecule has 108 valence electrons. The minimum Gasteiger partial charge on any atom is -0.490 e. The average Bonchev–Trinajstić information content (AvgIpc) is 2.35. The molecule has 0 aromatic heterocycles. The van der Waals surface area contributed by atoms with Gasteiger partial charge in [-0.05, 0) is 49.0 Å². The molecule has 0 bridgehead atoms. The van der Waals surface area contributed by atoms with Crippen molar-refractivity contribution in [3.63, 3.8) is 0 Å². The van der Waals surface area contributed by atoms with E-state index in [0.29, 0.717) is 17.2 Å². The van der Waals surface area contributed by atoms with Crippen LogP contribution in [0.3, 0.4) is 0 Å². The van der Waals surface area contributed by atoms with Crippen LogP contribution in [0, 0.1) is 11.7 Å². The van der Waals surface area contributed by atoms with Gasteiger partial charge in [0.1, 0.15) is 11.6 Å². The second-order valence-electron chi connectivity index (χ2n) is 5.40. The third-order valence-electron chi connectivity index (χ3n) is 3.50. The second-order valence-corrected chi connectivity index (χ2v) is 5.40. The van der Waals surface area contributed by atoms with Gasteiger partial charge in [0.25, 0.3) is 0 Å². The number of rotatable bonds is 4. The number of hydrogen-bond acceptors (Lipinski definition) is 2. The highest BCUT2D eigenvalue weighted by atomic mass is 19.1. The first-order valence-corrected chi connectivity index (χ1v) is 6.91. The molecule has 1 fully saturated rings. The van der Waals surface area contributed by atoms with Crippen molar-refractivity contribution in [1.29, 1.82) is 0 Å². The Morgan fingerprint density at radius 2 is 2.20 bits per heavy atom. The van der Waals surface area contributed by atoms with Gasteiger partial charge >= 0.3 is 5.97 Å². The highest BCUT2D eigenvalue weighted by Crippen LogP contribution is 2.28. The SMILES string of the molecule is CC1CCCC(Oc2cc(F)cc(/C=C/C(=O)O)c2)C1. The van der Waals surface area contributed by atoms with Crippen LogP contribution in [0.15, 0.2) is 24.3 Å². The van der Waals surface area contributed by atoms with E-state index in [1.807, 2.05) is 0 Å². The van der Waals surface area contributed by atoms with Gasteiger partial charge in [0.05, 0.1) is 6.10 Å².